The summed E-state index contributed by atoms with van der Waals surface area (Å²) >= 11 is 0. The Morgan fingerprint density at radius 1 is 1.27 bits per heavy atom. The van der Waals surface area contributed by atoms with Crippen LogP contribution in [-0.2, 0) is 11.3 Å². The number of morpholine rings is 1. The highest BCUT2D eigenvalue weighted by Gasteiger charge is 2.22. The van der Waals surface area contributed by atoms with E-state index in [4.69, 9.17) is 13.9 Å². The van der Waals surface area contributed by atoms with Crippen molar-refractivity contribution >= 4 is 16.9 Å². The summed E-state index contributed by atoms with van der Waals surface area (Å²) in [4.78, 5) is 15.0. The lowest BCUT2D eigenvalue weighted by Crippen LogP contribution is -2.35. The Labute approximate surface area is 153 Å². The lowest BCUT2D eigenvalue weighted by Gasteiger charge is -2.26. The number of rotatable bonds is 5. The molecule has 1 aliphatic carbocycles. The van der Waals surface area contributed by atoms with E-state index in [1.807, 2.05) is 12.1 Å². The highest BCUT2D eigenvalue weighted by molar-refractivity contribution is 5.98. The van der Waals surface area contributed by atoms with Crippen molar-refractivity contribution in [1.82, 2.24) is 10.2 Å². The van der Waals surface area contributed by atoms with E-state index in [1.54, 1.807) is 7.11 Å². The second-order valence-corrected chi connectivity index (χ2v) is 7.12. The molecular weight excluding hydrogens is 332 g/mol. The summed E-state index contributed by atoms with van der Waals surface area (Å²) in [5.41, 5.74) is 1.79. The van der Waals surface area contributed by atoms with Crippen molar-refractivity contribution in [3.63, 3.8) is 0 Å². The third kappa shape index (κ3) is 3.57. The van der Waals surface area contributed by atoms with Gasteiger partial charge in [-0.25, -0.2) is 0 Å². The highest BCUT2D eigenvalue weighted by atomic mass is 16.5. The lowest BCUT2D eigenvalue weighted by molar-refractivity contribution is 0.0343. The van der Waals surface area contributed by atoms with Crippen molar-refractivity contribution in [2.45, 2.75) is 38.3 Å². The second-order valence-electron chi connectivity index (χ2n) is 7.12. The van der Waals surface area contributed by atoms with Gasteiger partial charge >= 0.3 is 0 Å². The quantitative estimate of drug-likeness (QED) is 0.890. The number of fused-ring (bicyclic) bond motifs is 1. The molecule has 1 N–H and O–H groups in total. The Hall–Kier alpha value is -2.05. The molecule has 26 heavy (non-hydrogen) atoms. The normalized spacial score (nSPS) is 19.1. The topological polar surface area (TPSA) is 63.9 Å². The van der Waals surface area contributed by atoms with Crippen LogP contribution in [0.25, 0.3) is 11.0 Å². The van der Waals surface area contributed by atoms with Crippen LogP contribution in [0.3, 0.4) is 0 Å². The molecule has 1 saturated heterocycles. The molecule has 140 valence electrons. The van der Waals surface area contributed by atoms with E-state index >= 15 is 0 Å². The SMILES string of the molecule is COc1ccc(CN2CCOCC2)c2cc(C(=O)NC3CCCC3)oc12. The first kappa shape index (κ1) is 17.4. The van der Waals surface area contributed by atoms with Crippen molar-refractivity contribution in [2.24, 2.45) is 0 Å². The van der Waals surface area contributed by atoms with Crippen molar-refractivity contribution in [2.75, 3.05) is 33.4 Å². The third-order valence-electron chi connectivity index (χ3n) is 5.37. The van der Waals surface area contributed by atoms with Crippen molar-refractivity contribution in [1.29, 1.82) is 0 Å². The van der Waals surface area contributed by atoms with Crippen LogP contribution in [0, 0.1) is 0 Å². The molecule has 1 aromatic heterocycles. The smallest absolute Gasteiger partial charge is 0.287 e. The van der Waals surface area contributed by atoms with E-state index in [0.29, 0.717) is 17.1 Å². The predicted molar refractivity (Wildman–Crippen MR) is 98.6 cm³/mol. The van der Waals surface area contributed by atoms with Gasteiger partial charge in [0.2, 0.25) is 0 Å². The first-order valence-corrected chi connectivity index (χ1v) is 9.45. The minimum absolute atomic E-state index is 0.132. The Bertz CT molecular complexity index is 773. The number of carbonyl (C=O) groups is 1. The highest BCUT2D eigenvalue weighted by Crippen LogP contribution is 2.32. The number of nitrogens with zero attached hydrogens (tertiary/aromatic N) is 1. The summed E-state index contributed by atoms with van der Waals surface area (Å²) in [6.45, 7) is 4.17. The van der Waals surface area contributed by atoms with E-state index in [-0.39, 0.29) is 11.9 Å². The number of hydrogen-bond acceptors (Lipinski definition) is 5. The van der Waals surface area contributed by atoms with Crippen LogP contribution in [0.2, 0.25) is 0 Å². The molecule has 1 aromatic carbocycles. The molecule has 0 atom stereocenters. The van der Waals surface area contributed by atoms with Gasteiger partial charge in [0.15, 0.2) is 17.1 Å². The van der Waals surface area contributed by atoms with E-state index in [0.717, 1.165) is 56.6 Å². The van der Waals surface area contributed by atoms with Gasteiger partial charge in [-0.2, -0.15) is 0 Å². The summed E-state index contributed by atoms with van der Waals surface area (Å²) in [6, 6.07) is 6.11. The summed E-state index contributed by atoms with van der Waals surface area (Å²) in [5.74, 6) is 0.887. The fourth-order valence-corrected chi connectivity index (χ4v) is 3.89. The fraction of sp³-hybridized carbons (Fsp3) is 0.550. The molecule has 1 aliphatic heterocycles. The molecule has 6 nitrogen and oxygen atoms in total. The third-order valence-corrected chi connectivity index (χ3v) is 5.37. The van der Waals surface area contributed by atoms with E-state index in [2.05, 4.69) is 16.3 Å². The van der Waals surface area contributed by atoms with E-state index < -0.39 is 0 Å². The molecule has 0 bridgehead atoms. The zero-order chi connectivity index (χ0) is 17.9. The molecule has 2 aromatic rings. The van der Waals surface area contributed by atoms with E-state index in [9.17, 15) is 4.79 Å². The summed E-state index contributed by atoms with van der Waals surface area (Å²) in [7, 11) is 1.62. The van der Waals surface area contributed by atoms with Crippen LogP contribution in [0.5, 0.6) is 5.75 Å². The molecule has 2 fully saturated rings. The molecule has 6 heteroatoms. The Balaban J connectivity index is 1.61. The number of nitrogens with one attached hydrogen (secondary N) is 1. The Kier molecular flexibility index (Phi) is 5.13. The second kappa shape index (κ2) is 7.68. The molecule has 0 unspecified atom stereocenters. The zero-order valence-corrected chi connectivity index (χ0v) is 15.3. The van der Waals surface area contributed by atoms with Crippen LogP contribution in [-0.4, -0.2) is 50.3 Å². The van der Waals surface area contributed by atoms with Crippen LogP contribution < -0.4 is 10.1 Å². The van der Waals surface area contributed by atoms with Gasteiger partial charge in [-0.15, -0.1) is 0 Å². The maximum atomic E-state index is 12.6. The van der Waals surface area contributed by atoms with Gasteiger partial charge in [-0.05, 0) is 30.5 Å². The molecule has 0 radical (unpaired) electrons. The Morgan fingerprint density at radius 2 is 2.04 bits per heavy atom. The van der Waals surface area contributed by atoms with Gasteiger partial charge in [0.05, 0.1) is 20.3 Å². The van der Waals surface area contributed by atoms with Crippen molar-refractivity contribution < 1.29 is 18.7 Å². The molecule has 0 spiro atoms. The maximum absolute atomic E-state index is 12.6. The average Bonchev–Trinajstić information content (AvgIpc) is 3.33. The van der Waals surface area contributed by atoms with E-state index in [1.165, 1.54) is 12.8 Å². The van der Waals surface area contributed by atoms with Crippen LogP contribution in [0.15, 0.2) is 22.6 Å². The van der Waals surface area contributed by atoms with Crippen LogP contribution >= 0.6 is 0 Å². The minimum atomic E-state index is -0.132. The van der Waals surface area contributed by atoms with Gasteiger partial charge in [0.1, 0.15) is 0 Å². The number of amides is 1. The lowest BCUT2D eigenvalue weighted by atomic mass is 10.1. The van der Waals surface area contributed by atoms with Gasteiger partial charge in [0, 0.05) is 31.1 Å². The fourth-order valence-electron chi connectivity index (χ4n) is 3.89. The van der Waals surface area contributed by atoms with Gasteiger partial charge in [-0.3, -0.25) is 9.69 Å². The first-order chi connectivity index (χ1) is 12.7. The number of furan rings is 1. The number of hydrogen-bond donors (Lipinski definition) is 1. The Morgan fingerprint density at radius 3 is 2.77 bits per heavy atom. The molecule has 1 amide bonds. The largest absolute Gasteiger partial charge is 0.493 e. The van der Waals surface area contributed by atoms with Gasteiger partial charge in [0.25, 0.3) is 5.91 Å². The minimum Gasteiger partial charge on any atom is -0.493 e. The van der Waals surface area contributed by atoms with Crippen LogP contribution in [0.1, 0.15) is 41.8 Å². The standard InChI is InChI=1S/C20H26N2O4/c1-24-17-7-6-14(13-22-8-10-25-11-9-22)16-12-18(26-19(16)17)20(23)21-15-4-2-3-5-15/h6-7,12,15H,2-5,8-11,13H2,1H3,(H,21,23). The predicted octanol–water partition coefficient (Wildman–Crippen LogP) is 2.95. The van der Waals surface area contributed by atoms with Crippen LogP contribution in [0.4, 0.5) is 0 Å². The molecule has 2 heterocycles. The number of ether oxygens (including phenoxy) is 2. The maximum Gasteiger partial charge on any atom is 0.287 e. The summed E-state index contributed by atoms with van der Waals surface area (Å²) in [5, 5.41) is 4.05. The van der Waals surface area contributed by atoms with Crippen molar-refractivity contribution in [3.8, 4) is 5.75 Å². The number of benzene rings is 1. The summed E-state index contributed by atoms with van der Waals surface area (Å²) in [6.07, 6.45) is 4.47. The molecular formula is C20H26N2O4. The number of methoxy groups -OCH3 is 1. The zero-order valence-electron chi connectivity index (χ0n) is 15.3. The van der Waals surface area contributed by atoms with Gasteiger partial charge < -0.3 is 19.2 Å². The molecule has 1 saturated carbocycles. The number of carbonyl (C=O) groups excluding carboxylic acids is 1. The van der Waals surface area contributed by atoms with Gasteiger partial charge in [-0.1, -0.05) is 18.9 Å². The molecule has 2 aliphatic rings. The van der Waals surface area contributed by atoms with Crippen molar-refractivity contribution in [3.05, 3.63) is 29.5 Å². The average molecular weight is 358 g/mol. The summed E-state index contributed by atoms with van der Waals surface area (Å²) < 4.78 is 16.8. The monoisotopic (exact) mass is 358 g/mol. The first-order valence-electron chi connectivity index (χ1n) is 9.45. The molecule has 4 rings (SSSR count).